The molecule has 1 fully saturated rings. The molecule has 13 heavy (non-hydrogen) atoms. The van der Waals surface area contributed by atoms with E-state index >= 15 is 0 Å². The topological polar surface area (TPSA) is 40.5 Å². The van der Waals surface area contributed by atoms with Crippen LogP contribution in [-0.4, -0.2) is 29.2 Å². The first kappa shape index (κ1) is 10.5. The van der Waals surface area contributed by atoms with Crippen LogP contribution in [0.2, 0.25) is 0 Å². The number of aliphatic hydroxyl groups excluding tert-OH is 1. The average molecular weight is 185 g/mol. The number of rotatable bonds is 0. The van der Waals surface area contributed by atoms with Crippen LogP contribution in [0.25, 0.3) is 0 Å². The molecule has 0 radical (unpaired) electrons. The zero-order valence-corrected chi connectivity index (χ0v) is 9.03. The van der Waals surface area contributed by atoms with Gasteiger partial charge in [0, 0.05) is 18.9 Å². The molecule has 1 rings (SSSR count). The Morgan fingerprint density at radius 2 is 1.85 bits per heavy atom. The van der Waals surface area contributed by atoms with Crippen LogP contribution < -0.4 is 0 Å². The summed E-state index contributed by atoms with van der Waals surface area (Å²) in [4.78, 5) is 13.0. The average Bonchev–Trinajstić information content (AvgIpc) is 2.14. The molecule has 3 unspecified atom stereocenters. The number of amides is 1. The fraction of sp³-hybridized carbons (Fsp3) is 0.900. The van der Waals surface area contributed by atoms with Gasteiger partial charge in [0.25, 0.3) is 0 Å². The van der Waals surface area contributed by atoms with Crippen molar-refractivity contribution in [3.05, 3.63) is 0 Å². The molecule has 0 aromatic carbocycles. The molecule has 1 aliphatic heterocycles. The van der Waals surface area contributed by atoms with E-state index in [1.54, 1.807) is 7.05 Å². The molecule has 0 bridgehead atoms. The van der Waals surface area contributed by atoms with Gasteiger partial charge in [-0.25, -0.2) is 0 Å². The zero-order valence-electron chi connectivity index (χ0n) is 9.03. The first-order chi connectivity index (χ1) is 5.76. The number of likely N-dealkylation sites (tertiary alicyclic amines) is 1. The number of carbonyl (C=O) groups excluding carboxylic acids is 1. The van der Waals surface area contributed by atoms with Gasteiger partial charge in [-0.2, -0.15) is 0 Å². The van der Waals surface area contributed by atoms with Crippen LogP contribution in [-0.2, 0) is 4.79 Å². The highest BCUT2D eigenvalue weighted by molar-refractivity contribution is 5.81. The van der Waals surface area contributed by atoms with Crippen molar-refractivity contribution in [3.8, 4) is 0 Å². The van der Waals surface area contributed by atoms with Crippen molar-refractivity contribution >= 4 is 5.91 Å². The molecule has 76 valence electrons. The van der Waals surface area contributed by atoms with Crippen LogP contribution in [0, 0.1) is 17.3 Å². The summed E-state index contributed by atoms with van der Waals surface area (Å²) in [6.45, 7) is 8.07. The van der Waals surface area contributed by atoms with Gasteiger partial charge in [0.05, 0.1) is 0 Å². The van der Waals surface area contributed by atoms with Gasteiger partial charge in [-0.3, -0.25) is 4.79 Å². The van der Waals surface area contributed by atoms with E-state index in [1.165, 1.54) is 4.90 Å². The SMILES string of the molecule is CC1C(=O)N(C)C(O)C1C(C)(C)C. The van der Waals surface area contributed by atoms with E-state index in [4.69, 9.17) is 0 Å². The molecule has 1 heterocycles. The quantitative estimate of drug-likeness (QED) is 0.613. The van der Waals surface area contributed by atoms with Crippen molar-refractivity contribution in [1.29, 1.82) is 0 Å². The summed E-state index contributed by atoms with van der Waals surface area (Å²) in [6.07, 6.45) is -0.623. The summed E-state index contributed by atoms with van der Waals surface area (Å²) >= 11 is 0. The summed E-state index contributed by atoms with van der Waals surface area (Å²) in [7, 11) is 1.66. The van der Waals surface area contributed by atoms with Crippen LogP contribution >= 0.6 is 0 Å². The third-order valence-corrected chi connectivity index (χ3v) is 2.99. The molecule has 0 aromatic heterocycles. The van der Waals surface area contributed by atoms with Gasteiger partial charge >= 0.3 is 0 Å². The van der Waals surface area contributed by atoms with Crippen molar-refractivity contribution in [2.24, 2.45) is 17.3 Å². The number of nitrogens with zero attached hydrogens (tertiary/aromatic N) is 1. The fourth-order valence-electron chi connectivity index (χ4n) is 2.30. The summed E-state index contributed by atoms with van der Waals surface area (Å²) in [5, 5.41) is 9.84. The molecule has 0 spiro atoms. The van der Waals surface area contributed by atoms with Crippen LogP contribution in [0.4, 0.5) is 0 Å². The lowest BCUT2D eigenvalue weighted by Gasteiger charge is -2.32. The van der Waals surface area contributed by atoms with E-state index in [9.17, 15) is 9.90 Å². The maximum Gasteiger partial charge on any atom is 0.227 e. The molecular weight excluding hydrogens is 166 g/mol. The molecule has 0 saturated carbocycles. The van der Waals surface area contributed by atoms with Gasteiger partial charge in [-0.15, -0.1) is 0 Å². The normalized spacial score (nSPS) is 35.7. The lowest BCUT2D eigenvalue weighted by atomic mass is 9.74. The van der Waals surface area contributed by atoms with Gasteiger partial charge < -0.3 is 10.0 Å². The first-order valence-electron chi connectivity index (χ1n) is 4.71. The molecular formula is C10H19NO2. The second kappa shape index (κ2) is 2.98. The number of hydrogen-bond donors (Lipinski definition) is 1. The molecule has 0 aromatic rings. The smallest absolute Gasteiger partial charge is 0.227 e. The summed E-state index contributed by atoms with van der Waals surface area (Å²) in [5.41, 5.74) is -0.0285. The second-order valence-corrected chi connectivity index (χ2v) is 5.04. The highest BCUT2D eigenvalue weighted by atomic mass is 16.3. The van der Waals surface area contributed by atoms with Gasteiger partial charge in [-0.1, -0.05) is 27.7 Å². The minimum absolute atomic E-state index is 0.0285. The van der Waals surface area contributed by atoms with Crippen molar-refractivity contribution in [2.45, 2.75) is 33.9 Å². The van der Waals surface area contributed by atoms with Crippen LogP contribution in [0.15, 0.2) is 0 Å². The number of hydrogen-bond acceptors (Lipinski definition) is 2. The van der Waals surface area contributed by atoms with Crippen LogP contribution in [0.1, 0.15) is 27.7 Å². The molecule has 1 N–H and O–H groups in total. The zero-order chi connectivity index (χ0) is 10.4. The summed E-state index contributed by atoms with van der Waals surface area (Å²) < 4.78 is 0. The van der Waals surface area contributed by atoms with Crippen molar-refractivity contribution in [2.75, 3.05) is 7.05 Å². The van der Waals surface area contributed by atoms with Crippen LogP contribution in [0.5, 0.6) is 0 Å². The monoisotopic (exact) mass is 185 g/mol. The van der Waals surface area contributed by atoms with E-state index in [2.05, 4.69) is 20.8 Å². The van der Waals surface area contributed by atoms with E-state index in [0.717, 1.165) is 0 Å². The van der Waals surface area contributed by atoms with E-state index in [-0.39, 0.29) is 23.2 Å². The first-order valence-corrected chi connectivity index (χ1v) is 4.71. The molecule has 3 heteroatoms. The number of aliphatic hydroxyl groups is 1. The highest BCUT2D eigenvalue weighted by Gasteiger charge is 2.48. The maximum atomic E-state index is 11.5. The predicted octanol–water partition coefficient (Wildman–Crippen LogP) is 1.08. The predicted molar refractivity (Wildman–Crippen MR) is 50.9 cm³/mol. The third kappa shape index (κ3) is 1.57. The fourth-order valence-corrected chi connectivity index (χ4v) is 2.30. The Hall–Kier alpha value is -0.570. The molecule has 1 saturated heterocycles. The Bertz CT molecular complexity index is 219. The maximum absolute atomic E-state index is 11.5. The Morgan fingerprint density at radius 1 is 1.38 bits per heavy atom. The minimum atomic E-state index is -0.623. The van der Waals surface area contributed by atoms with Gasteiger partial charge in [0.2, 0.25) is 5.91 Å². The Morgan fingerprint density at radius 3 is 2.00 bits per heavy atom. The lowest BCUT2D eigenvalue weighted by Crippen LogP contribution is -2.36. The standard InChI is InChI=1S/C10H19NO2/c1-6-7(10(2,3)4)9(13)11(5)8(6)12/h6-7,9,13H,1-5H3. The molecule has 3 atom stereocenters. The lowest BCUT2D eigenvalue weighted by molar-refractivity contribution is -0.133. The van der Waals surface area contributed by atoms with E-state index in [1.807, 2.05) is 6.92 Å². The van der Waals surface area contributed by atoms with Crippen molar-refractivity contribution in [3.63, 3.8) is 0 Å². The molecule has 0 aliphatic carbocycles. The van der Waals surface area contributed by atoms with Crippen molar-refractivity contribution in [1.82, 2.24) is 4.90 Å². The molecule has 3 nitrogen and oxygen atoms in total. The Balaban J connectivity index is 2.94. The van der Waals surface area contributed by atoms with Crippen molar-refractivity contribution < 1.29 is 9.90 Å². The summed E-state index contributed by atoms with van der Waals surface area (Å²) in [6, 6.07) is 0. The molecule has 1 amide bonds. The Kier molecular flexibility index (Phi) is 2.41. The van der Waals surface area contributed by atoms with E-state index < -0.39 is 6.23 Å². The Labute approximate surface area is 79.7 Å². The van der Waals surface area contributed by atoms with E-state index in [0.29, 0.717) is 0 Å². The largest absolute Gasteiger partial charge is 0.373 e. The van der Waals surface area contributed by atoms with Gasteiger partial charge in [0.1, 0.15) is 6.23 Å². The second-order valence-electron chi connectivity index (χ2n) is 5.04. The summed E-state index contributed by atoms with van der Waals surface area (Å²) in [5.74, 6) is 0.0115. The third-order valence-electron chi connectivity index (χ3n) is 2.99. The van der Waals surface area contributed by atoms with Crippen LogP contribution in [0.3, 0.4) is 0 Å². The highest BCUT2D eigenvalue weighted by Crippen LogP contribution is 2.40. The molecule has 1 aliphatic rings. The number of carbonyl (C=O) groups is 1. The minimum Gasteiger partial charge on any atom is -0.373 e. The van der Waals surface area contributed by atoms with Gasteiger partial charge in [0.15, 0.2) is 0 Å². The van der Waals surface area contributed by atoms with Gasteiger partial charge in [-0.05, 0) is 5.41 Å².